The van der Waals surface area contributed by atoms with E-state index >= 15 is 0 Å². The van der Waals surface area contributed by atoms with Crippen LogP contribution >= 0.6 is 11.3 Å². The zero-order valence-corrected chi connectivity index (χ0v) is 9.43. The number of nitrogens with zero attached hydrogens (tertiary/aromatic N) is 1. The number of rotatable bonds is 3. The van der Waals surface area contributed by atoms with Crippen molar-refractivity contribution >= 4 is 17.2 Å². The maximum Gasteiger partial charge on any atom is 0.270 e. The highest BCUT2D eigenvalue weighted by molar-refractivity contribution is 7.09. The highest BCUT2D eigenvalue weighted by atomic mass is 32.1. The zero-order valence-electron chi connectivity index (χ0n) is 8.62. The summed E-state index contributed by atoms with van der Waals surface area (Å²) in [4.78, 5) is 15.6. The van der Waals surface area contributed by atoms with Gasteiger partial charge in [0.25, 0.3) is 5.91 Å². The number of hydrogen-bond acceptors (Lipinski definition) is 4. The molecule has 0 radical (unpaired) electrons. The van der Waals surface area contributed by atoms with E-state index < -0.39 is 5.60 Å². The van der Waals surface area contributed by atoms with Gasteiger partial charge in [0, 0.05) is 11.9 Å². The molecule has 0 saturated heterocycles. The Balaban J connectivity index is 1.87. The topological polar surface area (TPSA) is 62.2 Å². The van der Waals surface area contributed by atoms with E-state index in [-0.39, 0.29) is 5.91 Å². The molecule has 0 aromatic carbocycles. The van der Waals surface area contributed by atoms with Crippen molar-refractivity contribution in [1.29, 1.82) is 0 Å². The smallest absolute Gasteiger partial charge is 0.270 e. The molecule has 1 aliphatic carbocycles. The van der Waals surface area contributed by atoms with Gasteiger partial charge < -0.3 is 10.4 Å². The van der Waals surface area contributed by atoms with Crippen molar-refractivity contribution in [3.8, 4) is 0 Å². The van der Waals surface area contributed by atoms with E-state index in [2.05, 4.69) is 10.3 Å². The largest absolute Gasteiger partial charge is 0.388 e. The van der Waals surface area contributed by atoms with Gasteiger partial charge in [-0.1, -0.05) is 0 Å². The fraction of sp³-hybridized carbons (Fsp3) is 0.600. The van der Waals surface area contributed by atoms with E-state index in [0.717, 1.165) is 24.3 Å². The van der Waals surface area contributed by atoms with Gasteiger partial charge in [0.05, 0.1) is 10.6 Å². The number of nitrogens with one attached hydrogen (secondary N) is 1. The maximum absolute atomic E-state index is 11.6. The molecule has 5 heteroatoms. The molecule has 1 amide bonds. The number of carbonyl (C=O) groups is 1. The Labute approximate surface area is 92.3 Å². The summed E-state index contributed by atoms with van der Waals surface area (Å²) in [6, 6.07) is 0. The van der Waals surface area contributed by atoms with Gasteiger partial charge in [-0.3, -0.25) is 4.79 Å². The van der Waals surface area contributed by atoms with Crippen LogP contribution in [0.15, 0.2) is 5.38 Å². The average Bonchev–Trinajstić information content (AvgIpc) is 2.58. The Kier molecular flexibility index (Phi) is 2.75. The normalized spacial score (nSPS) is 18.3. The number of amides is 1. The Morgan fingerprint density at radius 2 is 2.47 bits per heavy atom. The number of aryl methyl sites for hydroxylation is 1. The molecule has 15 heavy (non-hydrogen) atoms. The lowest BCUT2D eigenvalue weighted by atomic mass is 9.80. The van der Waals surface area contributed by atoms with Gasteiger partial charge in [-0.15, -0.1) is 11.3 Å². The van der Waals surface area contributed by atoms with Gasteiger partial charge in [0.15, 0.2) is 0 Å². The SMILES string of the molecule is Cc1nc(C(=O)NCC2(O)CCC2)cs1. The Morgan fingerprint density at radius 3 is 2.93 bits per heavy atom. The van der Waals surface area contributed by atoms with Crippen LogP contribution in [0.2, 0.25) is 0 Å². The molecule has 2 N–H and O–H groups in total. The van der Waals surface area contributed by atoms with E-state index in [1.54, 1.807) is 5.38 Å². The lowest BCUT2D eigenvalue weighted by Gasteiger charge is -2.36. The second-order valence-electron chi connectivity index (χ2n) is 4.01. The molecule has 1 saturated carbocycles. The van der Waals surface area contributed by atoms with Crippen LogP contribution in [0.25, 0.3) is 0 Å². The number of carbonyl (C=O) groups excluding carboxylic acids is 1. The molecule has 1 fully saturated rings. The van der Waals surface area contributed by atoms with Crippen molar-refractivity contribution in [1.82, 2.24) is 10.3 Å². The van der Waals surface area contributed by atoms with Crippen LogP contribution in [0.1, 0.15) is 34.8 Å². The fourth-order valence-corrected chi connectivity index (χ4v) is 2.16. The lowest BCUT2D eigenvalue weighted by Crippen LogP contribution is -2.47. The van der Waals surface area contributed by atoms with Crippen molar-refractivity contribution in [3.63, 3.8) is 0 Å². The summed E-state index contributed by atoms with van der Waals surface area (Å²) in [6.45, 7) is 2.20. The van der Waals surface area contributed by atoms with Crippen LogP contribution < -0.4 is 5.32 Å². The third-order valence-electron chi connectivity index (χ3n) is 2.71. The van der Waals surface area contributed by atoms with Gasteiger partial charge >= 0.3 is 0 Å². The van der Waals surface area contributed by atoms with E-state index in [0.29, 0.717) is 12.2 Å². The Hall–Kier alpha value is -0.940. The van der Waals surface area contributed by atoms with Gasteiger partial charge in [-0.25, -0.2) is 4.98 Å². The quantitative estimate of drug-likeness (QED) is 0.811. The highest BCUT2D eigenvalue weighted by Crippen LogP contribution is 2.30. The summed E-state index contributed by atoms with van der Waals surface area (Å²) in [5, 5.41) is 15.1. The molecule has 1 aliphatic rings. The molecule has 0 unspecified atom stereocenters. The number of thiazole rings is 1. The van der Waals surface area contributed by atoms with Crippen molar-refractivity contribution < 1.29 is 9.90 Å². The van der Waals surface area contributed by atoms with Crippen LogP contribution in [-0.2, 0) is 0 Å². The predicted molar refractivity (Wildman–Crippen MR) is 58.0 cm³/mol. The average molecular weight is 226 g/mol. The second-order valence-corrected chi connectivity index (χ2v) is 5.07. The summed E-state index contributed by atoms with van der Waals surface area (Å²) >= 11 is 1.45. The van der Waals surface area contributed by atoms with Crippen LogP contribution in [-0.4, -0.2) is 28.1 Å². The molecule has 1 heterocycles. The first-order valence-corrected chi connectivity index (χ1v) is 5.90. The minimum Gasteiger partial charge on any atom is -0.388 e. The molecular formula is C10H14N2O2S. The summed E-state index contributed by atoms with van der Waals surface area (Å²) in [5.41, 5.74) is -0.221. The first kappa shape index (κ1) is 10.6. The summed E-state index contributed by atoms with van der Waals surface area (Å²) < 4.78 is 0. The third-order valence-corrected chi connectivity index (χ3v) is 3.49. The molecular weight excluding hydrogens is 212 g/mol. The van der Waals surface area contributed by atoms with Gasteiger partial charge in [-0.2, -0.15) is 0 Å². The van der Waals surface area contributed by atoms with E-state index in [1.165, 1.54) is 11.3 Å². The minimum absolute atomic E-state index is 0.195. The van der Waals surface area contributed by atoms with E-state index in [9.17, 15) is 9.90 Å². The summed E-state index contributed by atoms with van der Waals surface area (Å²) in [5.74, 6) is -0.195. The van der Waals surface area contributed by atoms with Crippen LogP contribution in [0.5, 0.6) is 0 Å². The zero-order chi connectivity index (χ0) is 10.9. The van der Waals surface area contributed by atoms with Crippen LogP contribution in [0.4, 0.5) is 0 Å². The molecule has 2 rings (SSSR count). The molecule has 0 spiro atoms. The predicted octanol–water partition coefficient (Wildman–Crippen LogP) is 1.10. The Bertz CT molecular complexity index is 371. The second kappa shape index (κ2) is 3.90. The van der Waals surface area contributed by atoms with Crippen LogP contribution in [0, 0.1) is 6.92 Å². The molecule has 0 atom stereocenters. The van der Waals surface area contributed by atoms with Crippen LogP contribution in [0.3, 0.4) is 0 Å². The van der Waals surface area contributed by atoms with E-state index in [4.69, 9.17) is 0 Å². The first-order valence-electron chi connectivity index (χ1n) is 5.02. The van der Waals surface area contributed by atoms with Crippen molar-refractivity contribution in [3.05, 3.63) is 16.1 Å². The number of aromatic nitrogens is 1. The number of aliphatic hydroxyl groups is 1. The molecule has 82 valence electrons. The molecule has 4 nitrogen and oxygen atoms in total. The van der Waals surface area contributed by atoms with Gasteiger partial charge in [0.1, 0.15) is 5.69 Å². The highest BCUT2D eigenvalue weighted by Gasteiger charge is 2.34. The van der Waals surface area contributed by atoms with Gasteiger partial charge in [-0.05, 0) is 26.2 Å². The minimum atomic E-state index is -0.666. The Morgan fingerprint density at radius 1 is 1.73 bits per heavy atom. The molecule has 1 aromatic rings. The molecule has 0 aliphatic heterocycles. The van der Waals surface area contributed by atoms with Crippen molar-refractivity contribution in [2.45, 2.75) is 31.8 Å². The van der Waals surface area contributed by atoms with E-state index in [1.807, 2.05) is 6.92 Å². The fourth-order valence-electron chi connectivity index (χ4n) is 1.56. The summed E-state index contributed by atoms with van der Waals surface area (Å²) in [7, 11) is 0. The first-order chi connectivity index (χ1) is 7.09. The van der Waals surface area contributed by atoms with Gasteiger partial charge in [0.2, 0.25) is 0 Å². The third kappa shape index (κ3) is 2.35. The lowest BCUT2D eigenvalue weighted by molar-refractivity contribution is -0.0300. The molecule has 0 bridgehead atoms. The monoisotopic (exact) mass is 226 g/mol. The maximum atomic E-state index is 11.6. The van der Waals surface area contributed by atoms with Crippen molar-refractivity contribution in [2.24, 2.45) is 0 Å². The molecule has 1 aromatic heterocycles. The summed E-state index contributed by atoms with van der Waals surface area (Å²) in [6.07, 6.45) is 2.61. The van der Waals surface area contributed by atoms with Crippen molar-refractivity contribution in [2.75, 3.05) is 6.54 Å². The standard InChI is InChI=1S/C10H14N2O2S/c1-7-12-8(5-15-7)9(13)11-6-10(14)3-2-4-10/h5,14H,2-4,6H2,1H3,(H,11,13). The number of hydrogen-bond donors (Lipinski definition) is 2.